The molecular formula is C16H21NS. The molecule has 0 spiro atoms. The van der Waals surface area contributed by atoms with Gasteiger partial charge in [-0.1, -0.05) is 38.1 Å². The molecule has 2 heteroatoms. The van der Waals surface area contributed by atoms with Crippen molar-refractivity contribution in [1.82, 2.24) is 0 Å². The van der Waals surface area contributed by atoms with Crippen LogP contribution in [-0.2, 0) is 13.0 Å². The first-order chi connectivity index (χ1) is 8.61. The Morgan fingerprint density at radius 3 is 2.39 bits per heavy atom. The zero-order valence-corrected chi connectivity index (χ0v) is 12.2. The van der Waals surface area contributed by atoms with Gasteiger partial charge in [0.1, 0.15) is 0 Å². The Bertz CT molecular complexity index is 508. The van der Waals surface area contributed by atoms with E-state index in [2.05, 4.69) is 50.4 Å². The lowest BCUT2D eigenvalue weighted by atomic mass is 9.97. The van der Waals surface area contributed by atoms with Gasteiger partial charge in [-0.2, -0.15) is 0 Å². The SMILES string of the molecule is Cc1scc(CN)c1-c1ccc(CC(C)C)cc1. The Balaban J connectivity index is 2.31. The first-order valence-electron chi connectivity index (χ1n) is 6.48. The number of aryl methyl sites for hydroxylation is 1. The van der Waals surface area contributed by atoms with Crippen molar-refractivity contribution in [1.29, 1.82) is 0 Å². The van der Waals surface area contributed by atoms with Crippen molar-refractivity contribution in [3.63, 3.8) is 0 Å². The molecule has 1 aromatic carbocycles. The van der Waals surface area contributed by atoms with Crippen LogP contribution in [0, 0.1) is 12.8 Å². The third-order valence-electron chi connectivity index (χ3n) is 3.16. The van der Waals surface area contributed by atoms with E-state index < -0.39 is 0 Å². The zero-order chi connectivity index (χ0) is 13.1. The summed E-state index contributed by atoms with van der Waals surface area (Å²) in [6, 6.07) is 8.94. The van der Waals surface area contributed by atoms with Gasteiger partial charge < -0.3 is 5.73 Å². The van der Waals surface area contributed by atoms with Crippen LogP contribution >= 0.6 is 11.3 Å². The maximum absolute atomic E-state index is 5.80. The maximum Gasteiger partial charge on any atom is 0.0192 e. The van der Waals surface area contributed by atoms with E-state index in [0.29, 0.717) is 12.5 Å². The Hall–Kier alpha value is -1.12. The van der Waals surface area contributed by atoms with E-state index in [1.807, 2.05) is 0 Å². The first-order valence-corrected chi connectivity index (χ1v) is 7.36. The lowest BCUT2D eigenvalue weighted by molar-refractivity contribution is 0.647. The molecule has 0 aliphatic heterocycles. The molecule has 0 bridgehead atoms. The topological polar surface area (TPSA) is 26.0 Å². The van der Waals surface area contributed by atoms with E-state index in [1.54, 1.807) is 11.3 Å². The molecule has 1 aromatic heterocycles. The number of benzene rings is 1. The summed E-state index contributed by atoms with van der Waals surface area (Å²) >= 11 is 1.79. The number of rotatable bonds is 4. The van der Waals surface area contributed by atoms with E-state index >= 15 is 0 Å². The highest BCUT2D eigenvalue weighted by atomic mass is 32.1. The van der Waals surface area contributed by atoms with E-state index in [4.69, 9.17) is 5.73 Å². The van der Waals surface area contributed by atoms with E-state index in [0.717, 1.165) is 6.42 Å². The molecule has 18 heavy (non-hydrogen) atoms. The van der Waals surface area contributed by atoms with Crippen LogP contribution in [0.25, 0.3) is 11.1 Å². The Morgan fingerprint density at radius 2 is 1.83 bits per heavy atom. The third-order valence-corrected chi connectivity index (χ3v) is 4.12. The Kier molecular flexibility index (Phi) is 4.20. The summed E-state index contributed by atoms with van der Waals surface area (Å²) in [5.74, 6) is 0.707. The van der Waals surface area contributed by atoms with E-state index in [9.17, 15) is 0 Å². The second-order valence-corrected chi connectivity index (χ2v) is 6.27. The molecule has 0 aliphatic rings. The lowest BCUT2D eigenvalue weighted by Gasteiger charge is -2.08. The second-order valence-electron chi connectivity index (χ2n) is 5.19. The van der Waals surface area contributed by atoms with Crippen molar-refractivity contribution >= 4 is 11.3 Å². The molecule has 0 amide bonds. The molecule has 0 atom stereocenters. The summed E-state index contributed by atoms with van der Waals surface area (Å²) in [5.41, 5.74) is 11.1. The average Bonchev–Trinajstić information content (AvgIpc) is 2.71. The van der Waals surface area contributed by atoms with Gasteiger partial charge in [-0.15, -0.1) is 11.3 Å². The predicted octanol–water partition coefficient (Wildman–Crippen LogP) is 4.38. The number of hydrogen-bond acceptors (Lipinski definition) is 2. The molecule has 2 N–H and O–H groups in total. The van der Waals surface area contributed by atoms with Crippen LogP contribution in [0.4, 0.5) is 0 Å². The zero-order valence-electron chi connectivity index (χ0n) is 11.4. The average molecular weight is 259 g/mol. The first kappa shape index (κ1) is 13.3. The van der Waals surface area contributed by atoms with Gasteiger partial charge in [0.25, 0.3) is 0 Å². The van der Waals surface area contributed by atoms with Gasteiger partial charge in [0.05, 0.1) is 0 Å². The van der Waals surface area contributed by atoms with Crippen molar-refractivity contribution in [2.75, 3.05) is 0 Å². The standard InChI is InChI=1S/C16H21NS/c1-11(2)8-13-4-6-14(7-5-13)16-12(3)18-10-15(16)9-17/h4-7,10-11H,8-9,17H2,1-3H3. The van der Waals surface area contributed by atoms with Gasteiger partial charge in [-0.05, 0) is 46.9 Å². The van der Waals surface area contributed by atoms with Crippen LogP contribution in [0.15, 0.2) is 29.6 Å². The van der Waals surface area contributed by atoms with E-state index in [1.165, 1.54) is 27.1 Å². The summed E-state index contributed by atoms with van der Waals surface area (Å²) in [6.07, 6.45) is 1.15. The highest BCUT2D eigenvalue weighted by Gasteiger charge is 2.09. The normalized spacial score (nSPS) is 11.2. The summed E-state index contributed by atoms with van der Waals surface area (Å²) < 4.78 is 0. The fourth-order valence-electron chi connectivity index (χ4n) is 2.32. The molecule has 1 nitrogen and oxygen atoms in total. The maximum atomic E-state index is 5.80. The van der Waals surface area contributed by atoms with Crippen LogP contribution in [-0.4, -0.2) is 0 Å². The van der Waals surface area contributed by atoms with Crippen LogP contribution in [0.1, 0.15) is 29.9 Å². The van der Waals surface area contributed by atoms with Crippen LogP contribution < -0.4 is 5.73 Å². The highest BCUT2D eigenvalue weighted by molar-refractivity contribution is 7.10. The van der Waals surface area contributed by atoms with Gasteiger partial charge in [0.2, 0.25) is 0 Å². The summed E-state index contributed by atoms with van der Waals surface area (Å²) in [4.78, 5) is 1.35. The predicted molar refractivity (Wildman–Crippen MR) is 80.9 cm³/mol. The third kappa shape index (κ3) is 2.82. The minimum Gasteiger partial charge on any atom is -0.326 e. The van der Waals surface area contributed by atoms with Crippen molar-refractivity contribution in [3.05, 3.63) is 45.6 Å². The molecule has 0 aliphatic carbocycles. The van der Waals surface area contributed by atoms with E-state index in [-0.39, 0.29) is 0 Å². The van der Waals surface area contributed by atoms with Crippen molar-refractivity contribution in [3.8, 4) is 11.1 Å². The summed E-state index contributed by atoms with van der Waals surface area (Å²) in [7, 11) is 0. The Morgan fingerprint density at radius 1 is 1.17 bits per heavy atom. The minimum absolute atomic E-state index is 0.618. The molecule has 0 radical (unpaired) electrons. The minimum atomic E-state index is 0.618. The number of thiophene rings is 1. The largest absolute Gasteiger partial charge is 0.326 e. The molecule has 96 valence electrons. The van der Waals surface area contributed by atoms with Crippen molar-refractivity contribution in [2.45, 2.75) is 33.7 Å². The van der Waals surface area contributed by atoms with Gasteiger partial charge in [-0.25, -0.2) is 0 Å². The van der Waals surface area contributed by atoms with Crippen LogP contribution in [0.5, 0.6) is 0 Å². The molecule has 0 saturated carbocycles. The number of nitrogens with two attached hydrogens (primary N) is 1. The quantitative estimate of drug-likeness (QED) is 0.866. The second kappa shape index (κ2) is 5.68. The van der Waals surface area contributed by atoms with Gasteiger partial charge in [0.15, 0.2) is 0 Å². The molecule has 0 saturated heterocycles. The Labute approximate surface area is 114 Å². The summed E-state index contributed by atoms with van der Waals surface area (Å²) in [6.45, 7) is 7.29. The van der Waals surface area contributed by atoms with Crippen LogP contribution in [0.3, 0.4) is 0 Å². The molecule has 0 unspecified atom stereocenters. The molecule has 2 rings (SSSR count). The lowest BCUT2D eigenvalue weighted by Crippen LogP contribution is -1.97. The molecule has 0 fully saturated rings. The number of hydrogen-bond donors (Lipinski definition) is 1. The smallest absolute Gasteiger partial charge is 0.0192 e. The molecule has 1 heterocycles. The highest BCUT2D eigenvalue weighted by Crippen LogP contribution is 2.32. The summed E-state index contributed by atoms with van der Waals surface area (Å²) in [5, 5.41) is 2.17. The van der Waals surface area contributed by atoms with Gasteiger partial charge >= 0.3 is 0 Å². The van der Waals surface area contributed by atoms with Crippen molar-refractivity contribution in [2.24, 2.45) is 11.7 Å². The molecular weight excluding hydrogens is 238 g/mol. The fraction of sp³-hybridized carbons (Fsp3) is 0.375. The van der Waals surface area contributed by atoms with Crippen molar-refractivity contribution < 1.29 is 0 Å². The molecule has 2 aromatic rings. The van der Waals surface area contributed by atoms with Gasteiger partial charge in [-0.3, -0.25) is 0 Å². The van der Waals surface area contributed by atoms with Crippen LogP contribution in [0.2, 0.25) is 0 Å². The van der Waals surface area contributed by atoms with Gasteiger partial charge in [0, 0.05) is 11.4 Å². The fourth-order valence-corrected chi connectivity index (χ4v) is 3.22. The monoisotopic (exact) mass is 259 g/mol.